The Kier molecular flexibility index (Phi) is 8.26. The van der Waals surface area contributed by atoms with Crippen molar-refractivity contribution in [1.29, 1.82) is 0 Å². The van der Waals surface area contributed by atoms with Gasteiger partial charge in [-0.05, 0) is 31.2 Å². The van der Waals surface area contributed by atoms with Crippen LogP contribution in [-0.2, 0) is 0 Å². The summed E-state index contributed by atoms with van der Waals surface area (Å²) in [6.07, 6.45) is 10.6. The van der Waals surface area contributed by atoms with Crippen LogP contribution in [0.2, 0.25) is 0 Å². The zero-order valence-electron chi connectivity index (χ0n) is 10.4. The van der Waals surface area contributed by atoms with Gasteiger partial charge in [0.05, 0.1) is 0 Å². The van der Waals surface area contributed by atoms with E-state index in [0.29, 0.717) is 5.41 Å². The Morgan fingerprint density at radius 1 is 0.857 bits per heavy atom. The lowest BCUT2D eigenvalue weighted by atomic mass is 9.76. The van der Waals surface area contributed by atoms with Crippen molar-refractivity contribution >= 4 is 0 Å². The highest BCUT2D eigenvalue weighted by Crippen LogP contribution is 2.33. The smallest absolute Gasteiger partial charge is 0.00206 e. The van der Waals surface area contributed by atoms with Crippen LogP contribution in [0.25, 0.3) is 0 Å². The Labute approximate surface area is 90.5 Å². The van der Waals surface area contributed by atoms with E-state index in [-0.39, 0.29) is 0 Å². The zero-order chi connectivity index (χ0) is 10.9. The Balaban J connectivity index is 3.94. The Bertz CT molecular complexity index is 116. The monoisotopic (exact) mass is 199 g/mol. The van der Waals surface area contributed by atoms with Gasteiger partial charge in [-0.25, -0.2) is 0 Å². The summed E-state index contributed by atoms with van der Waals surface area (Å²) >= 11 is 0. The topological polar surface area (TPSA) is 26.0 Å². The highest BCUT2D eigenvalue weighted by Gasteiger charge is 2.24. The second-order valence-corrected chi connectivity index (χ2v) is 4.62. The standard InChI is InChI=1S/C13H29N/c1-4-7-9-11-13(6-3,12-14)10-8-5-2/h4-12,14H2,1-3H3. The maximum atomic E-state index is 5.94. The molecule has 0 aliphatic heterocycles. The third-order valence-corrected chi connectivity index (χ3v) is 3.55. The van der Waals surface area contributed by atoms with Crippen LogP contribution in [-0.4, -0.2) is 6.54 Å². The molecule has 0 saturated carbocycles. The van der Waals surface area contributed by atoms with Gasteiger partial charge in [0.15, 0.2) is 0 Å². The maximum Gasteiger partial charge on any atom is -0.00206 e. The number of unbranched alkanes of at least 4 members (excludes halogenated alkanes) is 3. The van der Waals surface area contributed by atoms with Crippen LogP contribution in [0.5, 0.6) is 0 Å². The van der Waals surface area contributed by atoms with Gasteiger partial charge in [-0.2, -0.15) is 0 Å². The average Bonchev–Trinajstić information content (AvgIpc) is 2.24. The quantitative estimate of drug-likeness (QED) is 0.556. The SMILES string of the molecule is CCCCCC(CC)(CN)CCCC. The molecule has 86 valence electrons. The highest BCUT2D eigenvalue weighted by molar-refractivity contribution is 4.78. The summed E-state index contributed by atoms with van der Waals surface area (Å²) in [6, 6.07) is 0. The molecule has 1 atom stereocenters. The van der Waals surface area contributed by atoms with Gasteiger partial charge in [-0.3, -0.25) is 0 Å². The Hall–Kier alpha value is -0.0400. The molecule has 0 amide bonds. The predicted molar refractivity (Wildman–Crippen MR) is 65.4 cm³/mol. The van der Waals surface area contributed by atoms with Gasteiger partial charge in [0.1, 0.15) is 0 Å². The normalized spacial score (nSPS) is 15.4. The summed E-state index contributed by atoms with van der Waals surface area (Å²) in [7, 11) is 0. The first-order valence-corrected chi connectivity index (χ1v) is 6.44. The van der Waals surface area contributed by atoms with Crippen LogP contribution in [0.1, 0.15) is 72.1 Å². The third-order valence-electron chi connectivity index (χ3n) is 3.55. The highest BCUT2D eigenvalue weighted by atomic mass is 14.6. The fourth-order valence-corrected chi connectivity index (χ4v) is 2.13. The number of nitrogens with two attached hydrogens (primary N) is 1. The maximum absolute atomic E-state index is 5.94. The lowest BCUT2D eigenvalue weighted by Crippen LogP contribution is -2.29. The van der Waals surface area contributed by atoms with Crippen LogP contribution in [0.4, 0.5) is 0 Å². The number of rotatable bonds is 9. The number of hydrogen-bond acceptors (Lipinski definition) is 1. The third kappa shape index (κ3) is 4.99. The van der Waals surface area contributed by atoms with Gasteiger partial charge < -0.3 is 5.73 Å². The van der Waals surface area contributed by atoms with Gasteiger partial charge in [-0.15, -0.1) is 0 Å². The fraction of sp³-hybridized carbons (Fsp3) is 1.00. The zero-order valence-corrected chi connectivity index (χ0v) is 10.4. The van der Waals surface area contributed by atoms with Crippen LogP contribution in [0, 0.1) is 5.41 Å². The second kappa shape index (κ2) is 8.28. The first kappa shape index (κ1) is 14.0. The minimum Gasteiger partial charge on any atom is -0.330 e. The Morgan fingerprint density at radius 3 is 1.86 bits per heavy atom. The van der Waals surface area contributed by atoms with Crippen molar-refractivity contribution in [2.75, 3.05) is 6.54 Å². The molecule has 0 fully saturated rings. The molecule has 0 rings (SSSR count). The van der Waals surface area contributed by atoms with Gasteiger partial charge >= 0.3 is 0 Å². The summed E-state index contributed by atoms with van der Waals surface area (Å²) < 4.78 is 0. The molecule has 2 N–H and O–H groups in total. The molecule has 0 aromatic heterocycles. The van der Waals surface area contributed by atoms with Crippen molar-refractivity contribution < 1.29 is 0 Å². The molecule has 0 radical (unpaired) electrons. The first-order chi connectivity index (χ1) is 6.74. The van der Waals surface area contributed by atoms with Crippen LogP contribution in [0.15, 0.2) is 0 Å². The van der Waals surface area contributed by atoms with Gasteiger partial charge in [0.2, 0.25) is 0 Å². The van der Waals surface area contributed by atoms with Crippen molar-refractivity contribution in [1.82, 2.24) is 0 Å². The van der Waals surface area contributed by atoms with E-state index in [1.165, 1.54) is 51.4 Å². The summed E-state index contributed by atoms with van der Waals surface area (Å²) in [5.74, 6) is 0. The molecule has 1 unspecified atom stereocenters. The van der Waals surface area contributed by atoms with E-state index in [1.54, 1.807) is 0 Å². The van der Waals surface area contributed by atoms with Crippen molar-refractivity contribution in [2.45, 2.75) is 72.1 Å². The molecule has 0 bridgehead atoms. The van der Waals surface area contributed by atoms with E-state index < -0.39 is 0 Å². The summed E-state index contributed by atoms with van der Waals surface area (Å²) in [5, 5.41) is 0. The lowest BCUT2D eigenvalue weighted by molar-refractivity contribution is 0.224. The molecular formula is C13H29N. The van der Waals surface area contributed by atoms with Crippen molar-refractivity contribution in [3.05, 3.63) is 0 Å². The average molecular weight is 199 g/mol. The van der Waals surface area contributed by atoms with E-state index in [1.807, 2.05) is 0 Å². The van der Waals surface area contributed by atoms with Crippen molar-refractivity contribution in [2.24, 2.45) is 11.1 Å². The molecule has 0 spiro atoms. The van der Waals surface area contributed by atoms with Gasteiger partial charge in [0.25, 0.3) is 0 Å². The predicted octanol–water partition coefficient (Wildman–Crippen LogP) is 4.11. The minimum absolute atomic E-state index is 0.463. The molecule has 1 nitrogen and oxygen atoms in total. The molecule has 1 heteroatoms. The van der Waals surface area contributed by atoms with Crippen molar-refractivity contribution in [3.63, 3.8) is 0 Å². The molecule has 0 aromatic rings. The van der Waals surface area contributed by atoms with E-state index >= 15 is 0 Å². The molecule has 0 heterocycles. The minimum atomic E-state index is 0.463. The van der Waals surface area contributed by atoms with E-state index in [2.05, 4.69) is 20.8 Å². The van der Waals surface area contributed by atoms with Crippen LogP contribution < -0.4 is 5.73 Å². The largest absolute Gasteiger partial charge is 0.330 e. The van der Waals surface area contributed by atoms with E-state index in [4.69, 9.17) is 5.73 Å². The fourth-order valence-electron chi connectivity index (χ4n) is 2.13. The summed E-state index contributed by atoms with van der Waals surface area (Å²) in [4.78, 5) is 0. The van der Waals surface area contributed by atoms with Crippen molar-refractivity contribution in [3.8, 4) is 0 Å². The molecule has 0 aromatic carbocycles. The van der Waals surface area contributed by atoms with Crippen LogP contribution >= 0.6 is 0 Å². The molecular weight excluding hydrogens is 170 g/mol. The molecule has 0 aliphatic carbocycles. The second-order valence-electron chi connectivity index (χ2n) is 4.62. The molecule has 0 aliphatic rings. The Morgan fingerprint density at radius 2 is 1.43 bits per heavy atom. The number of hydrogen-bond donors (Lipinski definition) is 1. The van der Waals surface area contributed by atoms with Gasteiger partial charge in [-0.1, -0.05) is 52.9 Å². The van der Waals surface area contributed by atoms with E-state index in [0.717, 1.165) is 6.54 Å². The summed E-state index contributed by atoms with van der Waals surface area (Å²) in [5.41, 5.74) is 6.40. The first-order valence-electron chi connectivity index (χ1n) is 6.44. The van der Waals surface area contributed by atoms with Gasteiger partial charge in [0, 0.05) is 0 Å². The van der Waals surface area contributed by atoms with Crippen LogP contribution in [0.3, 0.4) is 0 Å². The molecule has 0 saturated heterocycles. The molecule has 14 heavy (non-hydrogen) atoms. The summed E-state index contributed by atoms with van der Waals surface area (Å²) in [6.45, 7) is 7.72. The lowest BCUT2D eigenvalue weighted by Gasteiger charge is -2.31. The van der Waals surface area contributed by atoms with E-state index in [9.17, 15) is 0 Å².